The molecular formula is C14H15BrClN3. The Kier molecular flexibility index (Phi) is 4.42. The highest BCUT2D eigenvalue weighted by atomic mass is 79.9. The van der Waals surface area contributed by atoms with E-state index in [1.165, 1.54) is 0 Å². The van der Waals surface area contributed by atoms with Crippen LogP contribution in [0.25, 0.3) is 11.4 Å². The summed E-state index contributed by atoms with van der Waals surface area (Å²) in [5, 5.41) is 0.625. The first-order valence-electron chi connectivity index (χ1n) is 6.05. The molecule has 2 N–H and O–H groups in total. The molecule has 0 unspecified atom stereocenters. The van der Waals surface area contributed by atoms with Crippen molar-refractivity contribution in [3.05, 3.63) is 39.5 Å². The molecule has 0 fully saturated rings. The van der Waals surface area contributed by atoms with Crippen LogP contribution in [0.3, 0.4) is 0 Å². The highest BCUT2D eigenvalue weighted by Crippen LogP contribution is 2.30. The summed E-state index contributed by atoms with van der Waals surface area (Å²) < 4.78 is 0.775. The minimum atomic E-state index is 0.445. The van der Waals surface area contributed by atoms with E-state index >= 15 is 0 Å². The maximum Gasteiger partial charge on any atom is 0.163 e. The average molecular weight is 341 g/mol. The molecule has 0 aliphatic carbocycles. The molecule has 3 nitrogen and oxygen atoms in total. The van der Waals surface area contributed by atoms with Crippen LogP contribution in [0.1, 0.15) is 19.5 Å². The molecule has 2 aromatic rings. The van der Waals surface area contributed by atoms with Crippen LogP contribution < -0.4 is 5.73 Å². The van der Waals surface area contributed by atoms with Crippen LogP contribution in [0, 0.1) is 5.92 Å². The molecule has 0 atom stereocenters. The summed E-state index contributed by atoms with van der Waals surface area (Å²) in [6, 6.07) is 7.50. The van der Waals surface area contributed by atoms with E-state index in [1.54, 1.807) is 0 Å². The van der Waals surface area contributed by atoms with E-state index in [2.05, 4.69) is 39.7 Å². The Morgan fingerprint density at radius 3 is 2.58 bits per heavy atom. The number of halogens is 2. The molecule has 0 saturated carbocycles. The third-order valence-corrected chi connectivity index (χ3v) is 3.86. The van der Waals surface area contributed by atoms with Crippen LogP contribution in [-0.4, -0.2) is 9.97 Å². The van der Waals surface area contributed by atoms with Gasteiger partial charge in [-0.3, -0.25) is 0 Å². The van der Waals surface area contributed by atoms with E-state index in [-0.39, 0.29) is 0 Å². The summed E-state index contributed by atoms with van der Waals surface area (Å²) >= 11 is 9.63. The van der Waals surface area contributed by atoms with E-state index in [0.29, 0.717) is 22.6 Å². The van der Waals surface area contributed by atoms with Gasteiger partial charge in [-0.15, -0.1) is 0 Å². The fourth-order valence-corrected chi connectivity index (χ4v) is 2.36. The summed E-state index contributed by atoms with van der Waals surface area (Å²) in [7, 11) is 0. The topological polar surface area (TPSA) is 51.8 Å². The van der Waals surface area contributed by atoms with E-state index < -0.39 is 0 Å². The van der Waals surface area contributed by atoms with E-state index in [0.717, 1.165) is 22.2 Å². The minimum Gasteiger partial charge on any atom is -0.383 e. The van der Waals surface area contributed by atoms with Gasteiger partial charge in [0.25, 0.3) is 0 Å². The van der Waals surface area contributed by atoms with Gasteiger partial charge < -0.3 is 5.73 Å². The summed E-state index contributed by atoms with van der Waals surface area (Å²) in [4.78, 5) is 8.89. The fourth-order valence-electron chi connectivity index (χ4n) is 1.80. The second kappa shape index (κ2) is 5.88. The normalized spacial score (nSPS) is 11.0. The maximum atomic E-state index is 6.18. The molecule has 1 aromatic carbocycles. The quantitative estimate of drug-likeness (QED) is 0.904. The third kappa shape index (κ3) is 3.25. The Bertz CT molecular complexity index is 599. The number of aromatic nitrogens is 2. The molecule has 0 radical (unpaired) electrons. The Balaban J connectivity index is 2.54. The molecule has 2 rings (SSSR count). The van der Waals surface area contributed by atoms with Gasteiger partial charge in [0.05, 0.1) is 15.2 Å². The first-order valence-corrected chi connectivity index (χ1v) is 7.23. The number of hydrogen-bond acceptors (Lipinski definition) is 3. The van der Waals surface area contributed by atoms with Crippen molar-refractivity contribution in [1.29, 1.82) is 0 Å². The van der Waals surface area contributed by atoms with E-state index in [1.807, 2.05) is 24.3 Å². The largest absolute Gasteiger partial charge is 0.383 e. The van der Waals surface area contributed by atoms with Crippen molar-refractivity contribution in [3.63, 3.8) is 0 Å². The molecule has 0 aliphatic heterocycles. The Labute approximate surface area is 126 Å². The number of hydrogen-bond donors (Lipinski definition) is 1. The van der Waals surface area contributed by atoms with Crippen molar-refractivity contribution in [2.75, 3.05) is 5.73 Å². The van der Waals surface area contributed by atoms with E-state index in [9.17, 15) is 0 Å². The number of rotatable bonds is 3. The van der Waals surface area contributed by atoms with Crippen LogP contribution in [0.5, 0.6) is 0 Å². The van der Waals surface area contributed by atoms with Crippen LogP contribution in [0.15, 0.2) is 28.7 Å². The number of benzene rings is 1. The number of anilines is 1. The molecule has 0 saturated heterocycles. The lowest BCUT2D eigenvalue weighted by Crippen LogP contribution is -2.05. The SMILES string of the molecule is CC(C)Cc1nc(-c2ccccc2Cl)nc(N)c1Br. The van der Waals surface area contributed by atoms with Gasteiger partial charge in [0.2, 0.25) is 0 Å². The molecule has 0 bridgehead atoms. The van der Waals surface area contributed by atoms with Crippen LogP contribution in [-0.2, 0) is 6.42 Å². The predicted molar refractivity (Wildman–Crippen MR) is 83.1 cm³/mol. The summed E-state index contributed by atoms with van der Waals surface area (Å²) in [5.41, 5.74) is 7.66. The Morgan fingerprint density at radius 1 is 1.26 bits per heavy atom. The van der Waals surface area contributed by atoms with Gasteiger partial charge in [-0.25, -0.2) is 9.97 Å². The molecule has 0 spiro atoms. The standard InChI is InChI=1S/C14H15BrClN3/c1-8(2)7-11-12(15)13(17)19-14(18-11)9-5-3-4-6-10(9)16/h3-6,8H,7H2,1-2H3,(H2,17,18,19). The van der Waals surface area contributed by atoms with Gasteiger partial charge in [-0.1, -0.05) is 37.6 Å². The van der Waals surface area contributed by atoms with Gasteiger partial charge >= 0.3 is 0 Å². The van der Waals surface area contributed by atoms with Crippen molar-refractivity contribution < 1.29 is 0 Å². The Hall–Kier alpha value is -1.13. The third-order valence-electron chi connectivity index (χ3n) is 2.66. The van der Waals surface area contributed by atoms with Crippen molar-refractivity contribution in [2.45, 2.75) is 20.3 Å². The zero-order valence-corrected chi connectivity index (χ0v) is 13.2. The molecule has 0 aliphatic rings. The molecular weight excluding hydrogens is 326 g/mol. The summed E-state index contributed by atoms with van der Waals surface area (Å²) in [5.74, 6) is 1.51. The van der Waals surface area contributed by atoms with Gasteiger partial charge in [0, 0.05) is 5.56 Å². The number of nitrogens with zero attached hydrogens (tertiary/aromatic N) is 2. The number of nitrogens with two attached hydrogens (primary N) is 1. The van der Waals surface area contributed by atoms with Crippen molar-refractivity contribution in [2.24, 2.45) is 5.92 Å². The van der Waals surface area contributed by atoms with Crippen LogP contribution in [0.4, 0.5) is 5.82 Å². The smallest absolute Gasteiger partial charge is 0.163 e. The first kappa shape index (κ1) is 14.3. The highest BCUT2D eigenvalue weighted by Gasteiger charge is 2.14. The second-order valence-electron chi connectivity index (χ2n) is 4.77. The molecule has 19 heavy (non-hydrogen) atoms. The second-order valence-corrected chi connectivity index (χ2v) is 5.97. The lowest BCUT2D eigenvalue weighted by atomic mass is 10.1. The molecule has 5 heteroatoms. The van der Waals surface area contributed by atoms with Gasteiger partial charge in [0.15, 0.2) is 5.82 Å². The zero-order chi connectivity index (χ0) is 14.0. The van der Waals surface area contributed by atoms with Gasteiger partial charge in [0.1, 0.15) is 5.82 Å². The monoisotopic (exact) mass is 339 g/mol. The molecule has 0 amide bonds. The predicted octanol–water partition coefficient (Wildman–Crippen LogP) is 4.34. The van der Waals surface area contributed by atoms with Crippen molar-refractivity contribution >= 4 is 33.3 Å². The highest BCUT2D eigenvalue weighted by molar-refractivity contribution is 9.10. The molecule has 1 heterocycles. The summed E-state index contributed by atoms with van der Waals surface area (Å²) in [6.07, 6.45) is 0.838. The van der Waals surface area contributed by atoms with Gasteiger partial charge in [-0.2, -0.15) is 0 Å². The van der Waals surface area contributed by atoms with Gasteiger partial charge in [-0.05, 0) is 40.4 Å². The van der Waals surface area contributed by atoms with Crippen LogP contribution in [0.2, 0.25) is 5.02 Å². The molecule has 1 aromatic heterocycles. The lowest BCUT2D eigenvalue weighted by molar-refractivity contribution is 0.633. The summed E-state index contributed by atoms with van der Waals surface area (Å²) in [6.45, 7) is 4.28. The Morgan fingerprint density at radius 2 is 1.95 bits per heavy atom. The van der Waals surface area contributed by atoms with E-state index in [4.69, 9.17) is 17.3 Å². The minimum absolute atomic E-state index is 0.445. The van der Waals surface area contributed by atoms with Crippen LogP contribution >= 0.6 is 27.5 Å². The maximum absolute atomic E-state index is 6.18. The average Bonchev–Trinajstić information content (AvgIpc) is 2.35. The number of nitrogen functional groups attached to an aromatic ring is 1. The lowest BCUT2D eigenvalue weighted by Gasteiger charge is -2.11. The van der Waals surface area contributed by atoms with Crippen molar-refractivity contribution in [1.82, 2.24) is 9.97 Å². The molecule has 100 valence electrons. The fraction of sp³-hybridized carbons (Fsp3) is 0.286. The van der Waals surface area contributed by atoms with Crippen molar-refractivity contribution in [3.8, 4) is 11.4 Å². The first-order chi connectivity index (χ1) is 8.99. The zero-order valence-electron chi connectivity index (χ0n) is 10.8.